The Morgan fingerprint density at radius 3 is 2.58 bits per heavy atom. The first-order valence-corrected chi connectivity index (χ1v) is 10.1. The molecule has 2 aliphatic carbocycles. The minimum absolute atomic E-state index is 0.00990. The Labute approximate surface area is 160 Å². The van der Waals surface area contributed by atoms with Crippen molar-refractivity contribution in [2.75, 3.05) is 32.8 Å². The molecule has 6 heteroatoms. The van der Waals surface area contributed by atoms with E-state index >= 15 is 0 Å². The van der Waals surface area contributed by atoms with Crippen molar-refractivity contribution in [1.82, 2.24) is 10.2 Å². The van der Waals surface area contributed by atoms with E-state index in [2.05, 4.69) is 22.3 Å². The van der Waals surface area contributed by atoms with Crippen LogP contribution in [0.25, 0.3) is 0 Å². The molecule has 4 rings (SSSR count). The highest BCUT2D eigenvalue weighted by Gasteiger charge is 2.49. The van der Waals surface area contributed by atoms with Crippen molar-refractivity contribution >= 4 is 17.5 Å². The van der Waals surface area contributed by atoms with E-state index in [0.717, 1.165) is 44.2 Å². The zero-order valence-electron chi connectivity index (χ0n) is 15.1. The lowest BCUT2D eigenvalue weighted by Gasteiger charge is -2.35. The summed E-state index contributed by atoms with van der Waals surface area (Å²) in [7, 11) is 0. The number of halogens is 1. The number of benzene rings is 1. The standard InChI is InChI=1S/C20H28ClN3O2/c21-16-5-3-13(4-6-16)17(24-7-9-26-10-8-24)12-23-20(25)18-14-1-2-15(11-14)19(18)22/h3-6,14-15,17-19H,1-2,7-12,22H2,(H,23,25). The Hall–Kier alpha value is -1.14. The number of carbonyl (C=O) groups excluding carboxylic acids is 1. The molecule has 1 aliphatic heterocycles. The van der Waals surface area contributed by atoms with Gasteiger partial charge >= 0.3 is 0 Å². The van der Waals surface area contributed by atoms with Gasteiger partial charge in [0, 0.05) is 30.7 Å². The number of amides is 1. The first-order chi connectivity index (χ1) is 12.6. The van der Waals surface area contributed by atoms with Gasteiger partial charge in [-0.2, -0.15) is 0 Å². The molecule has 142 valence electrons. The monoisotopic (exact) mass is 377 g/mol. The molecule has 1 aromatic carbocycles. The van der Waals surface area contributed by atoms with Crippen LogP contribution in [-0.2, 0) is 9.53 Å². The summed E-state index contributed by atoms with van der Waals surface area (Å²) in [4.78, 5) is 15.2. The zero-order valence-corrected chi connectivity index (χ0v) is 15.8. The minimum Gasteiger partial charge on any atom is -0.379 e. The third kappa shape index (κ3) is 3.63. The summed E-state index contributed by atoms with van der Waals surface area (Å²) in [5.74, 6) is 1.15. The Morgan fingerprint density at radius 2 is 1.92 bits per heavy atom. The summed E-state index contributed by atoms with van der Waals surface area (Å²) < 4.78 is 5.49. The molecular weight excluding hydrogens is 350 g/mol. The van der Waals surface area contributed by atoms with Gasteiger partial charge in [-0.3, -0.25) is 9.69 Å². The SMILES string of the molecule is NC1C2CCC(C2)C1C(=O)NCC(c1ccc(Cl)cc1)N1CCOCC1. The topological polar surface area (TPSA) is 67.6 Å². The van der Waals surface area contributed by atoms with Gasteiger partial charge in [0.2, 0.25) is 5.91 Å². The predicted molar refractivity (Wildman–Crippen MR) is 102 cm³/mol. The maximum atomic E-state index is 12.9. The van der Waals surface area contributed by atoms with Gasteiger partial charge in [-0.15, -0.1) is 0 Å². The molecule has 26 heavy (non-hydrogen) atoms. The summed E-state index contributed by atoms with van der Waals surface area (Å²) in [6.45, 7) is 3.80. The Morgan fingerprint density at radius 1 is 1.23 bits per heavy atom. The number of nitrogens with two attached hydrogens (primary N) is 1. The average molecular weight is 378 g/mol. The van der Waals surface area contributed by atoms with Crippen LogP contribution >= 0.6 is 11.6 Å². The van der Waals surface area contributed by atoms with Gasteiger partial charge in [0.15, 0.2) is 0 Å². The van der Waals surface area contributed by atoms with E-state index in [0.29, 0.717) is 18.4 Å². The van der Waals surface area contributed by atoms with Crippen LogP contribution in [0.5, 0.6) is 0 Å². The Bertz CT molecular complexity index is 630. The van der Waals surface area contributed by atoms with E-state index in [1.807, 2.05) is 12.1 Å². The summed E-state index contributed by atoms with van der Waals surface area (Å²) in [6.07, 6.45) is 3.47. The van der Waals surface area contributed by atoms with Crippen LogP contribution < -0.4 is 11.1 Å². The number of nitrogens with one attached hydrogen (secondary N) is 1. The second kappa shape index (κ2) is 7.85. The van der Waals surface area contributed by atoms with Gasteiger partial charge in [-0.25, -0.2) is 0 Å². The van der Waals surface area contributed by atoms with E-state index in [1.165, 1.54) is 12.0 Å². The normalized spacial score (nSPS) is 32.5. The number of morpholine rings is 1. The third-order valence-corrected chi connectivity index (χ3v) is 6.75. The van der Waals surface area contributed by atoms with Crippen molar-refractivity contribution in [3.05, 3.63) is 34.9 Å². The fraction of sp³-hybridized carbons (Fsp3) is 0.650. The van der Waals surface area contributed by atoms with Crippen LogP contribution in [0, 0.1) is 17.8 Å². The smallest absolute Gasteiger partial charge is 0.225 e. The second-order valence-electron chi connectivity index (χ2n) is 7.90. The lowest BCUT2D eigenvalue weighted by atomic mass is 9.84. The fourth-order valence-electron chi connectivity index (χ4n) is 5.07. The number of nitrogens with zero attached hydrogens (tertiary/aromatic N) is 1. The lowest BCUT2D eigenvalue weighted by Crippen LogP contribution is -2.48. The van der Waals surface area contributed by atoms with Gasteiger partial charge < -0.3 is 15.8 Å². The maximum absolute atomic E-state index is 12.9. The van der Waals surface area contributed by atoms with Crippen molar-refractivity contribution in [2.24, 2.45) is 23.5 Å². The molecule has 3 aliphatic rings. The lowest BCUT2D eigenvalue weighted by molar-refractivity contribution is -0.127. The highest BCUT2D eigenvalue weighted by Crippen LogP contribution is 2.47. The van der Waals surface area contributed by atoms with E-state index in [-0.39, 0.29) is 23.9 Å². The van der Waals surface area contributed by atoms with E-state index < -0.39 is 0 Å². The van der Waals surface area contributed by atoms with Gasteiger partial charge in [0.1, 0.15) is 0 Å². The average Bonchev–Trinajstić information content (AvgIpc) is 3.25. The number of hydrogen-bond acceptors (Lipinski definition) is 4. The zero-order chi connectivity index (χ0) is 18.1. The van der Waals surface area contributed by atoms with Crippen molar-refractivity contribution in [3.63, 3.8) is 0 Å². The molecule has 1 amide bonds. The highest BCUT2D eigenvalue weighted by atomic mass is 35.5. The molecule has 3 N–H and O–H groups in total. The van der Waals surface area contributed by atoms with Crippen LogP contribution in [0.1, 0.15) is 30.9 Å². The van der Waals surface area contributed by atoms with Crippen LogP contribution in [0.3, 0.4) is 0 Å². The molecule has 5 nitrogen and oxygen atoms in total. The quantitative estimate of drug-likeness (QED) is 0.825. The molecule has 5 atom stereocenters. The number of fused-ring (bicyclic) bond motifs is 2. The molecule has 5 unspecified atom stereocenters. The fourth-order valence-corrected chi connectivity index (χ4v) is 5.20. The second-order valence-corrected chi connectivity index (χ2v) is 8.33. The van der Waals surface area contributed by atoms with E-state index in [9.17, 15) is 4.79 Å². The molecule has 1 heterocycles. The first kappa shape index (κ1) is 18.2. The minimum atomic E-state index is -0.00990. The predicted octanol–water partition coefficient (Wildman–Crippen LogP) is 2.20. The van der Waals surface area contributed by atoms with Crippen LogP contribution in [0.2, 0.25) is 5.02 Å². The summed E-state index contributed by atoms with van der Waals surface area (Å²) in [6, 6.07) is 8.10. The molecule has 2 saturated carbocycles. The van der Waals surface area contributed by atoms with Gasteiger partial charge in [-0.05, 0) is 48.8 Å². The van der Waals surface area contributed by atoms with Crippen LogP contribution in [0.15, 0.2) is 24.3 Å². The molecule has 0 aromatic heterocycles. The molecule has 3 fully saturated rings. The van der Waals surface area contributed by atoms with Gasteiger partial charge in [0.25, 0.3) is 0 Å². The van der Waals surface area contributed by atoms with Crippen LogP contribution in [-0.4, -0.2) is 49.7 Å². The largest absolute Gasteiger partial charge is 0.379 e. The molecule has 0 spiro atoms. The van der Waals surface area contributed by atoms with Gasteiger partial charge in [0.05, 0.1) is 25.2 Å². The Kier molecular flexibility index (Phi) is 5.50. The highest BCUT2D eigenvalue weighted by molar-refractivity contribution is 6.30. The molecule has 1 aromatic rings. The van der Waals surface area contributed by atoms with E-state index in [1.54, 1.807) is 0 Å². The first-order valence-electron chi connectivity index (χ1n) is 9.74. The van der Waals surface area contributed by atoms with Crippen molar-refractivity contribution in [1.29, 1.82) is 0 Å². The maximum Gasteiger partial charge on any atom is 0.225 e. The van der Waals surface area contributed by atoms with Crippen molar-refractivity contribution < 1.29 is 9.53 Å². The number of rotatable bonds is 5. The van der Waals surface area contributed by atoms with Gasteiger partial charge in [-0.1, -0.05) is 23.7 Å². The van der Waals surface area contributed by atoms with E-state index in [4.69, 9.17) is 22.1 Å². The van der Waals surface area contributed by atoms with Crippen LogP contribution in [0.4, 0.5) is 0 Å². The third-order valence-electron chi connectivity index (χ3n) is 6.49. The molecule has 1 saturated heterocycles. The Balaban J connectivity index is 1.44. The van der Waals surface area contributed by atoms with Crippen molar-refractivity contribution in [2.45, 2.75) is 31.3 Å². The number of ether oxygens (including phenoxy) is 1. The summed E-state index contributed by atoms with van der Waals surface area (Å²) in [5, 5.41) is 3.94. The molecule has 2 bridgehead atoms. The van der Waals surface area contributed by atoms with Crippen molar-refractivity contribution in [3.8, 4) is 0 Å². The molecule has 0 radical (unpaired) electrons. The number of hydrogen-bond donors (Lipinski definition) is 2. The number of carbonyl (C=O) groups is 1. The molecular formula is C20H28ClN3O2. The summed E-state index contributed by atoms with van der Waals surface area (Å²) >= 11 is 6.05. The summed E-state index contributed by atoms with van der Waals surface area (Å²) in [5.41, 5.74) is 7.51.